The molecular formula is C29H34O4. The number of ether oxygens (including phenoxy) is 1. The molecule has 7 atom stereocenters. The number of carbonyl (C=O) groups excluding carboxylic acids is 3. The molecule has 0 saturated heterocycles. The fourth-order valence-electron chi connectivity index (χ4n) is 7.80. The maximum absolute atomic E-state index is 14.2. The fraction of sp³-hybridized carbons (Fsp3) is 0.552. The number of fused-ring (bicyclic) bond motifs is 5. The van der Waals surface area contributed by atoms with Crippen LogP contribution >= 0.6 is 0 Å². The number of carbonyl (C=O) groups is 3. The molecule has 4 aliphatic rings. The van der Waals surface area contributed by atoms with E-state index >= 15 is 0 Å². The third-order valence-electron chi connectivity index (χ3n) is 9.59. The van der Waals surface area contributed by atoms with Crippen LogP contribution in [-0.2, 0) is 19.1 Å². The van der Waals surface area contributed by atoms with Crippen molar-refractivity contribution in [3.63, 3.8) is 0 Å². The Balaban J connectivity index is 1.60. The van der Waals surface area contributed by atoms with Crippen molar-refractivity contribution >= 4 is 17.5 Å². The van der Waals surface area contributed by atoms with Crippen LogP contribution < -0.4 is 0 Å². The molecule has 0 aliphatic heterocycles. The highest BCUT2D eigenvalue weighted by molar-refractivity contribution is 5.96. The minimum absolute atomic E-state index is 0.0173. The lowest BCUT2D eigenvalue weighted by Gasteiger charge is -2.60. The van der Waals surface area contributed by atoms with Gasteiger partial charge in [0.05, 0.1) is 0 Å². The van der Waals surface area contributed by atoms with E-state index in [0.29, 0.717) is 12.3 Å². The molecule has 0 N–H and O–H groups in total. The lowest BCUT2D eigenvalue weighted by molar-refractivity contribution is -0.186. The molecule has 33 heavy (non-hydrogen) atoms. The summed E-state index contributed by atoms with van der Waals surface area (Å²) in [6.45, 7) is 7.64. The molecule has 4 aliphatic carbocycles. The van der Waals surface area contributed by atoms with E-state index in [1.165, 1.54) is 6.92 Å². The summed E-state index contributed by atoms with van der Waals surface area (Å²) in [5.41, 5.74) is 0.485. The Morgan fingerprint density at radius 2 is 1.73 bits per heavy atom. The molecule has 0 amide bonds. The van der Waals surface area contributed by atoms with E-state index in [-0.39, 0.29) is 34.7 Å². The largest absolute Gasteiger partial charge is 0.451 e. The predicted octanol–water partition coefficient (Wildman–Crippen LogP) is 5.58. The van der Waals surface area contributed by atoms with Crippen molar-refractivity contribution in [1.29, 1.82) is 0 Å². The Morgan fingerprint density at radius 3 is 2.42 bits per heavy atom. The van der Waals surface area contributed by atoms with Crippen molar-refractivity contribution < 1.29 is 19.1 Å². The van der Waals surface area contributed by atoms with E-state index in [1.54, 1.807) is 0 Å². The molecule has 1 aromatic carbocycles. The Morgan fingerprint density at radius 1 is 1.00 bits per heavy atom. The van der Waals surface area contributed by atoms with Gasteiger partial charge in [-0.15, -0.1) is 0 Å². The summed E-state index contributed by atoms with van der Waals surface area (Å²) >= 11 is 0. The molecule has 0 spiro atoms. The number of benzene rings is 1. The molecule has 4 nitrogen and oxygen atoms in total. The molecule has 0 unspecified atom stereocenters. The SMILES string of the molecule is CC(=O)O[C@@]1(C)C(=O)[C@@]2(C)CC[C@H]3[C@@H](C=CC4=CC(=O)CC[C@@]43C)[C@@H]2C[C@@H]1c1ccccc1. The topological polar surface area (TPSA) is 60.4 Å². The maximum Gasteiger partial charge on any atom is 0.303 e. The van der Waals surface area contributed by atoms with Gasteiger partial charge >= 0.3 is 5.97 Å². The molecule has 0 heterocycles. The van der Waals surface area contributed by atoms with Crippen LogP contribution in [0.2, 0.25) is 0 Å². The first-order valence-corrected chi connectivity index (χ1v) is 12.3. The molecule has 0 bridgehead atoms. The molecule has 5 rings (SSSR count). The standard InChI is InChI=1S/C29H34O4/c1-18(30)33-29(4)24(19-8-6-5-7-9-19)17-25-22-11-10-20-16-21(31)12-14-27(20,2)23(22)13-15-28(25,3)26(29)32/h5-11,16,22-25H,12-15,17H2,1-4H3/t22-,23+,24-,25+,27+,28+,29-/m1/s1. The molecule has 0 radical (unpaired) electrons. The van der Waals surface area contributed by atoms with Gasteiger partial charge in [0.1, 0.15) is 0 Å². The van der Waals surface area contributed by atoms with E-state index in [2.05, 4.69) is 26.0 Å². The molecule has 0 aromatic heterocycles. The molecule has 4 heteroatoms. The molecule has 174 valence electrons. The number of hydrogen-bond acceptors (Lipinski definition) is 4. The number of ketones is 2. The highest BCUT2D eigenvalue weighted by Gasteiger charge is 2.64. The number of Topliss-reactive ketones (excluding diaryl/α,β-unsaturated/α-hetero) is 1. The summed E-state index contributed by atoms with van der Waals surface area (Å²) in [4.78, 5) is 38.5. The molecule has 2 fully saturated rings. The monoisotopic (exact) mass is 446 g/mol. The maximum atomic E-state index is 14.2. The van der Waals surface area contributed by atoms with E-state index in [1.807, 2.05) is 43.3 Å². The van der Waals surface area contributed by atoms with Crippen molar-refractivity contribution in [3.05, 3.63) is 59.7 Å². The fourth-order valence-corrected chi connectivity index (χ4v) is 7.80. The quantitative estimate of drug-likeness (QED) is 0.557. The van der Waals surface area contributed by atoms with Gasteiger partial charge in [-0.25, -0.2) is 0 Å². The van der Waals surface area contributed by atoms with Crippen LogP contribution in [0.25, 0.3) is 0 Å². The van der Waals surface area contributed by atoms with Gasteiger partial charge in [-0.3, -0.25) is 14.4 Å². The van der Waals surface area contributed by atoms with Gasteiger partial charge in [0.2, 0.25) is 0 Å². The van der Waals surface area contributed by atoms with Gasteiger partial charge < -0.3 is 4.74 Å². The first-order chi connectivity index (χ1) is 15.6. The summed E-state index contributed by atoms with van der Waals surface area (Å²) in [7, 11) is 0. The van der Waals surface area contributed by atoms with Crippen LogP contribution in [0, 0.1) is 28.6 Å². The third-order valence-corrected chi connectivity index (χ3v) is 9.59. The van der Waals surface area contributed by atoms with Gasteiger partial charge in [-0.05, 0) is 73.0 Å². The lowest BCUT2D eigenvalue weighted by atomic mass is 9.43. The Hall–Kier alpha value is -2.49. The van der Waals surface area contributed by atoms with Crippen molar-refractivity contribution in [2.24, 2.45) is 28.6 Å². The van der Waals surface area contributed by atoms with Crippen LogP contribution in [-0.4, -0.2) is 23.1 Å². The number of hydrogen-bond donors (Lipinski definition) is 0. The average Bonchev–Trinajstić information content (AvgIpc) is 2.77. The highest BCUT2D eigenvalue weighted by atomic mass is 16.6. The van der Waals surface area contributed by atoms with E-state index in [0.717, 1.165) is 36.8 Å². The van der Waals surface area contributed by atoms with Crippen LogP contribution in [0.15, 0.2) is 54.1 Å². The lowest BCUT2D eigenvalue weighted by Crippen LogP contribution is -2.63. The Bertz CT molecular complexity index is 1070. The summed E-state index contributed by atoms with van der Waals surface area (Å²) in [6.07, 6.45) is 10.3. The summed E-state index contributed by atoms with van der Waals surface area (Å²) < 4.78 is 5.87. The molecule has 2 saturated carbocycles. The second kappa shape index (κ2) is 7.51. The van der Waals surface area contributed by atoms with Crippen molar-refractivity contribution in [2.45, 2.75) is 71.3 Å². The Kier molecular flexibility index (Phi) is 5.08. The highest BCUT2D eigenvalue weighted by Crippen LogP contribution is 2.64. The zero-order valence-electron chi connectivity index (χ0n) is 20.1. The second-order valence-electron chi connectivity index (χ2n) is 11.3. The molecule has 1 aromatic rings. The number of esters is 1. The Labute approximate surface area is 196 Å². The van der Waals surface area contributed by atoms with Crippen LogP contribution in [0.3, 0.4) is 0 Å². The molecular weight excluding hydrogens is 412 g/mol. The second-order valence-corrected chi connectivity index (χ2v) is 11.3. The first-order valence-electron chi connectivity index (χ1n) is 12.3. The van der Waals surface area contributed by atoms with Crippen LogP contribution in [0.1, 0.15) is 71.3 Å². The van der Waals surface area contributed by atoms with E-state index < -0.39 is 17.0 Å². The summed E-state index contributed by atoms with van der Waals surface area (Å²) in [5.74, 6) is 0.559. The van der Waals surface area contributed by atoms with Crippen LogP contribution in [0.4, 0.5) is 0 Å². The van der Waals surface area contributed by atoms with E-state index in [4.69, 9.17) is 4.74 Å². The van der Waals surface area contributed by atoms with Gasteiger partial charge in [0.25, 0.3) is 0 Å². The predicted molar refractivity (Wildman–Crippen MR) is 126 cm³/mol. The van der Waals surface area contributed by atoms with Gasteiger partial charge in [0, 0.05) is 24.7 Å². The minimum Gasteiger partial charge on any atom is -0.451 e. The van der Waals surface area contributed by atoms with Gasteiger partial charge in [-0.1, -0.05) is 56.3 Å². The summed E-state index contributed by atoms with van der Waals surface area (Å²) in [5, 5.41) is 0. The minimum atomic E-state index is -1.17. The number of rotatable bonds is 2. The van der Waals surface area contributed by atoms with Crippen molar-refractivity contribution in [1.82, 2.24) is 0 Å². The summed E-state index contributed by atoms with van der Waals surface area (Å²) in [6, 6.07) is 10.1. The normalized spacial score (nSPS) is 42.0. The van der Waals surface area contributed by atoms with Crippen molar-refractivity contribution in [3.8, 4) is 0 Å². The number of allylic oxidation sites excluding steroid dienone is 4. The third kappa shape index (κ3) is 3.20. The zero-order chi connectivity index (χ0) is 23.6. The van der Waals surface area contributed by atoms with Crippen LogP contribution in [0.5, 0.6) is 0 Å². The van der Waals surface area contributed by atoms with Gasteiger partial charge in [0.15, 0.2) is 17.2 Å². The first kappa shape index (κ1) is 22.3. The van der Waals surface area contributed by atoms with Crippen molar-refractivity contribution in [2.75, 3.05) is 0 Å². The average molecular weight is 447 g/mol. The van der Waals surface area contributed by atoms with E-state index in [9.17, 15) is 14.4 Å². The van der Waals surface area contributed by atoms with Gasteiger partial charge in [-0.2, -0.15) is 0 Å². The smallest absolute Gasteiger partial charge is 0.303 e. The zero-order valence-corrected chi connectivity index (χ0v) is 20.1.